The Morgan fingerprint density at radius 2 is 1.58 bits per heavy atom. The number of benzene rings is 3. The summed E-state index contributed by atoms with van der Waals surface area (Å²) in [5, 5.41) is 5.26. The number of hydrogen-bond acceptors (Lipinski definition) is 4. The number of carbonyl (C=O) groups is 1. The highest BCUT2D eigenvalue weighted by atomic mass is 35.5. The van der Waals surface area contributed by atoms with E-state index < -0.39 is 10.0 Å². The number of carbonyl (C=O) groups excluding carboxylic acids is 1. The molecule has 1 aliphatic heterocycles. The molecule has 0 aliphatic carbocycles. The van der Waals surface area contributed by atoms with Crippen molar-refractivity contribution in [3.05, 3.63) is 77.3 Å². The Hall–Kier alpha value is -2.61. The fourth-order valence-corrected chi connectivity index (χ4v) is 5.28. The quantitative estimate of drug-likeness (QED) is 0.616. The van der Waals surface area contributed by atoms with Gasteiger partial charge in [0.05, 0.1) is 5.75 Å². The van der Waals surface area contributed by atoms with Gasteiger partial charge in [0, 0.05) is 49.0 Å². The minimum absolute atomic E-state index is 0.0712. The normalized spacial score (nSPS) is 15.2. The fourth-order valence-electron chi connectivity index (χ4n) is 3.82. The van der Waals surface area contributed by atoms with Gasteiger partial charge >= 0.3 is 0 Å². The molecule has 1 aliphatic rings. The highest BCUT2D eigenvalue weighted by Gasteiger charge is 2.27. The lowest BCUT2D eigenvalue weighted by Crippen LogP contribution is -2.50. The molecule has 0 unspecified atom stereocenters. The number of anilines is 1. The predicted octanol–water partition coefficient (Wildman–Crippen LogP) is 3.38. The van der Waals surface area contributed by atoms with Crippen molar-refractivity contribution in [2.75, 3.05) is 43.4 Å². The van der Waals surface area contributed by atoms with Gasteiger partial charge in [-0.3, -0.25) is 4.79 Å². The monoisotopic (exact) mass is 457 g/mol. The minimum atomic E-state index is -3.45. The summed E-state index contributed by atoms with van der Waals surface area (Å²) in [6, 6.07) is 20.7. The standard InChI is InChI=1S/C23H24ClN3O3S/c24-19-8-10-20(11-9-19)26-13-15-27(16-14-26)31(29,30)17-12-25-23(28)22-7-3-5-18-4-1-2-6-21(18)22/h1-11H,12-17H2,(H,25,28). The van der Waals surface area contributed by atoms with E-state index in [1.165, 1.54) is 4.31 Å². The van der Waals surface area contributed by atoms with Gasteiger partial charge < -0.3 is 10.2 Å². The zero-order valence-corrected chi connectivity index (χ0v) is 18.6. The number of rotatable bonds is 6. The third-order valence-electron chi connectivity index (χ3n) is 5.50. The van der Waals surface area contributed by atoms with Crippen LogP contribution in [0.2, 0.25) is 5.02 Å². The predicted molar refractivity (Wildman–Crippen MR) is 125 cm³/mol. The molecule has 1 N–H and O–H groups in total. The minimum Gasteiger partial charge on any atom is -0.369 e. The fraction of sp³-hybridized carbons (Fsp3) is 0.261. The topological polar surface area (TPSA) is 69.7 Å². The summed E-state index contributed by atoms with van der Waals surface area (Å²) in [6.07, 6.45) is 0. The first-order valence-corrected chi connectivity index (χ1v) is 12.2. The molecule has 1 saturated heterocycles. The molecule has 31 heavy (non-hydrogen) atoms. The molecule has 0 bridgehead atoms. The molecule has 0 radical (unpaired) electrons. The van der Waals surface area contributed by atoms with Crippen LogP contribution in [0.25, 0.3) is 10.8 Å². The molecular weight excluding hydrogens is 434 g/mol. The van der Waals surface area contributed by atoms with Crippen LogP contribution in [-0.4, -0.2) is 57.1 Å². The van der Waals surface area contributed by atoms with Gasteiger partial charge in [-0.05, 0) is 41.1 Å². The van der Waals surface area contributed by atoms with Crippen LogP contribution in [0, 0.1) is 0 Å². The van der Waals surface area contributed by atoms with Crippen molar-refractivity contribution in [1.29, 1.82) is 0 Å². The number of amides is 1. The van der Waals surface area contributed by atoms with Crippen molar-refractivity contribution in [1.82, 2.24) is 9.62 Å². The van der Waals surface area contributed by atoms with Crippen LogP contribution < -0.4 is 10.2 Å². The van der Waals surface area contributed by atoms with Crippen molar-refractivity contribution in [3.63, 3.8) is 0 Å². The zero-order valence-electron chi connectivity index (χ0n) is 17.0. The van der Waals surface area contributed by atoms with Gasteiger partial charge in [-0.25, -0.2) is 8.42 Å². The van der Waals surface area contributed by atoms with Gasteiger partial charge in [-0.15, -0.1) is 0 Å². The first-order chi connectivity index (χ1) is 14.9. The Morgan fingerprint density at radius 3 is 2.32 bits per heavy atom. The Morgan fingerprint density at radius 1 is 0.903 bits per heavy atom. The number of fused-ring (bicyclic) bond motifs is 1. The van der Waals surface area contributed by atoms with Crippen LogP contribution in [0.5, 0.6) is 0 Å². The molecule has 0 spiro atoms. The second kappa shape index (κ2) is 9.26. The summed E-state index contributed by atoms with van der Waals surface area (Å²) in [6.45, 7) is 2.14. The highest BCUT2D eigenvalue weighted by molar-refractivity contribution is 7.89. The third kappa shape index (κ3) is 5.01. The number of nitrogens with one attached hydrogen (secondary N) is 1. The number of hydrogen-bond donors (Lipinski definition) is 1. The van der Waals surface area contributed by atoms with Gasteiger partial charge in [0.15, 0.2) is 0 Å². The molecule has 3 aromatic carbocycles. The summed E-state index contributed by atoms with van der Waals surface area (Å²) >= 11 is 5.94. The van der Waals surface area contributed by atoms with Crippen molar-refractivity contribution in [2.24, 2.45) is 0 Å². The molecule has 0 aromatic heterocycles. The lowest BCUT2D eigenvalue weighted by atomic mass is 10.0. The number of nitrogens with zero attached hydrogens (tertiary/aromatic N) is 2. The third-order valence-corrected chi connectivity index (χ3v) is 7.63. The van der Waals surface area contributed by atoms with E-state index in [0.717, 1.165) is 16.5 Å². The van der Waals surface area contributed by atoms with E-state index >= 15 is 0 Å². The Balaban J connectivity index is 1.31. The molecule has 0 saturated carbocycles. The van der Waals surface area contributed by atoms with Crippen molar-refractivity contribution >= 4 is 44.0 Å². The summed E-state index contributed by atoms with van der Waals surface area (Å²) in [7, 11) is -3.45. The maximum atomic E-state index is 12.7. The van der Waals surface area contributed by atoms with Crippen LogP contribution in [-0.2, 0) is 10.0 Å². The second-order valence-electron chi connectivity index (χ2n) is 7.46. The van der Waals surface area contributed by atoms with E-state index in [1.807, 2.05) is 60.7 Å². The first kappa shape index (κ1) is 21.6. The van der Waals surface area contributed by atoms with Crippen LogP contribution in [0.3, 0.4) is 0 Å². The Kier molecular flexibility index (Phi) is 6.46. The van der Waals surface area contributed by atoms with Crippen molar-refractivity contribution in [3.8, 4) is 0 Å². The van der Waals surface area contributed by atoms with Gasteiger partial charge in [-0.2, -0.15) is 4.31 Å². The van der Waals surface area contributed by atoms with E-state index in [4.69, 9.17) is 11.6 Å². The largest absolute Gasteiger partial charge is 0.369 e. The average molecular weight is 458 g/mol. The number of piperazine rings is 1. The molecule has 8 heteroatoms. The van der Waals surface area contributed by atoms with Crippen LogP contribution in [0.15, 0.2) is 66.7 Å². The summed E-state index contributed by atoms with van der Waals surface area (Å²) in [5.41, 5.74) is 1.58. The molecule has 1 fully saturated rings. The molecule has 3 aromatic rings. The van der Waals surface area contributed by atoms with E-state index in [0.29, 0.717) is 36.8 Å². The molecule has 162 valence electrons. The van der Waals surface area contributed by atoms with Crippen LogP contribution in [0.1, 0.15) is 10.4 Å². The Bertz CT molecular complexity index is 1170. The summed E-state index contributed by atoms with van der Waals surface area (Å²) < 4.78 is 27.0. The second-order valence-corrected chi connectivity index (χ2v) is 9.99. The molecule has 6 nitrogen and oxygen atoms in total. The molecule has 0 atom stereocenters. The van der Waals surface area contributed by atoms with Crippen molar-refractivity contribution < 1.29 is 13.2 Å². The van der Waals surface area contributed by atoms with Gasteiger partial charge in [0.2, 0.25) is 10.0 Å². The maximum absolute atomic E-state index is 12.7. The van der Waals surface area contributed by atoms with E-state index in [2.05, 4.69) is 10.2 Å². The lowest BCUT2D eigenvalue weighted by Gasteiger charge is -2.35. The van der Waals surface area contributed by atoms with Crippen LogP contribution >= 0.6 is 11.6 Å². The van der Waals surface area contributed by atoms with Gasteiger partial charge in [0.1, 0.15) is 0 Å². The molecule has 1 amide bonds. The Labute approximate surface area is 187 Å². The molecule has 4 rings (SSSR count). The van der Waals surface area contributed by atoms with Crippen molar-refractivity contribution in [2.45, 2.75) is 0 Å². The number of halogens is 1. The lowest BCUT2D eigenvalue weighted by molar-refractivity contribution is 0.0957. The van der Waals surface area contributed by atoms with E-state index in [-0.39, 0.29) is 18.2 Å². The SMILES string of the molecule is O=C(NCCS(=O)(=O)N1CCN(c2ccc(Cl)cc2)CC1)c1cccc2ccccc12. The van der Waals surface area contributed by atoms with E-state index in [9.17, 15) is 13.2 Å². The van der Waals surface area contributed by atoms with Gasteiger partial charge in [-0.1, -0.05) is 48.0 Å². The van der Waals surface area contributed by atoms with Gasteiger partial charge in [0.25, 0.3) is 5.91 Å². The number of sulfonamides is 1. The summed E-state index contributed by atoms with van der Waals surface area (Å²) in [5.74, 6) is -0.385. The summed E-state index contributed by atoms with van der Waals surface area (Å²) in [4.78, 5) is 14.8. The highest BCUT2D eigenvalue weighted by Crippen LogP contribution is 2.21. The average Bonchev–Trinajstić information content (AvgIpc) is 2.79. The maximum Gasteiger partial charge on any atom is 0.251 e. The van der Waals surface area contributed by atoms with E-state index in [1.54, 1.807) is 6.07 Å². The molecular formula is C23H24ClN3O3S. The first-order valence-electron chi connectivity index (χ1n) is 10.2. The smallest absolute Gasteiger partial charge is 0.251 e. The van der Waals surface area contributed by atoms with Crippen LogP contribution in [0.4, 0.5) is 5.69 Å². The zero-order chi connectivity index (χ0) is 21.8. The molecule has 1 heterocycles.